The van der Waals surface area contributed by atoms with Gasteiger partial charge in [0.05, 0.1) is 6.61 Å². The fourth-order valence-electron chi connectivity index (χ4n) is 2.57. The summed E-state index contributed by atoms with van der Waals surface area (Å²) in [5, 5.41) is 10.9. The van der Waals surface area contributed by atoms with Crippen molar-refractivity contribution in [3.05, 3.63) is 58.3 Å². The van der Waals surface area contributed by atoms with E-state index in [9.17, 15) is 9.59 Å². The monoisotopic (exact) mass is 342 g/mol. The highest BCUT2D eigenvalue weighted by atomic mass is 32.1. The molecule has 5 nitrogen and oxygen atoms in total. The maximum atomic E-state index is 12.3. The van der Waals surface area contributed by atoms with Crippen LogP contribution in [0.2, 0.25) is 0 Å². The third kappa shape index (κ3) is 3.72. The summed E-state index contributed by atoms with van der Waals surface area (Å²) in [5.41, 5.74) is 1.69. The predicted octanol–water partition coefficient (Wildman–Crippen LogP) is 2.13. The molecule has 0 spiro atoms. The van der Waals surface area contributed by atoms with Crippen LogP contribution in [0.15, 0.2) is 47.9 Å². The van der Waals surface area contributed by atoms with Gasteiger partial charge in [0.25, 0.3) is 0 Å². The normalized spacial score (nSPS) is 15.3. The fourth-order valence-corrected chi connectivity index (χ4v) is 3.36. The molecule has 1 saturated heterocycles. The molecule has 0 saturated carbocycles. The standard InChI is InChI=1S/C18H18N2O3S/c21-12-14-10-16(24-13-14)6-7-17(22)19-8-9-20(18(23)11-19)15-4-2-1-3-5-15/h1-7,10,13,21H,8-9,11-12H2. The van der Waals surface area contributed by atoms with Crippen molar-refractivity contribution >= 4 is 34.9 Å². The van der Waals surface area contributed by atoms with Crippen LogP contribution in [-0.4, -0.2) is 41.5 Å². The molecule has 1 aliphatic rings. The zero-order valence-electron chi connectivity index (χ0n) is 13.1. The van der Waals surface area contributed by atoms with Crippen molar-refractivity contribution in [1.29, 1.82) is 0 Å². The number of anilines is 1. The van der Waals surface area contributed by atoms with Crippen LogP contribution in [0.1, 0.15) is 10.4 Å². The van der Waals surface area contributed by atoms with Crippen molar-refractivity contribution in [3.8, 4) is 0 Å². The van der Waals surface area contributed by atoms with Gasteiger partial charge in [-0.15, -0.1) is 11.3 Å². The predicted molar refractivity (Wildman–Crippen MR) is 94.7 cm³/mol. The first kappa shape index (κ1) is 16.4. The van der Waals surface area contributed by atoms with E-state index in [-0.39, 0.29) is 25.0 Å². The summed E-state index contributed by atoms with van der Waals surface area (Å²) in [6.45, 7) is 1.09. The molecule has 1 fully saturated rings. The Morgan fingerprint density at radius 3 is 2.71 bits per heavy atom. The molecule has 1 aromatic heterocycles. The van der Waals surface area contributed by atoms with Crippen LogP contribution in [0.3, 0.4) is 0 Å². The average Bonchev–Trinajstić information content (AvgIpc) is 3.08. The summed E-state index contributed by atoms with van der Waals surface area (Å²) >= 11 is 1.47. The molecule has 3 rings (SSSR count). The second-order valence-electron chi connectivity index (χ2n) is 5.49. The van der Waals surface area contributed by atoms with Gasteiger partial charge in [-0.1, -0.05) is 18.2 Å². The Kier molecular flexibility index (Phi) is 5.08. The van der Waals surface area contributed by atoms with Gasteiger partial charge in [-0.2, -0.15) is 0 Å². The first-order valence-electron chi connectivity index (χ1n) is 7.68. The summed E-state index contributed by atoms with van der Waals surface area (Å²) < 4.78 is 0. The first-order valence-corrected chi connectivity index (χ1v) is 8.56. The van der Waals surface area contributed by atoms with Crippen LogP contribution >= 0.6 is 11.3 Å². The molecular formula is C18H18N2O3S. The molecule has 6 heteroatoms. The number of rotatable bonds is 4. The number of benzene rings is 1. The minimum absolute atomic E-state index is 0.00572. The molecule has 0 aliphatic carbocycles. The van der Waals surface area contributed by atoms with Gasteiger partial charge in [0, 0.05) is 29.7 Å². The van der Waals surface area contributed by atoms with Gasteiger partial charge >= 0.3 is 0 Å². The Hall–Kier alpha value is -2.44. The van der Waals surface area contributed by atoms with E-state index in [1.165, 1.54) is 17.4 Å². The van der Waals surface area contributed by atoms with Crippen LogP contribution in [0, 0.1) is 0 Å². The van der Waals surface area contributed by atoms with Crippen molar-refractivity contribution in [2.24, 2.45) is 0 Å². The maximum Gasteiger partial charge on any atom is 0.247 e. The molecule has 0 bridgehead atoms. The summed E-state index contributed by atoms with van der Waals surface area (Å²) in [4.78, 5) is 28.7. The molecule has 24 heavy (non-hydrogen) atoms. The fraction of sp³-hybridized carbons (Fsp3) is 0.222. The molecule has 2 amide bonds. The van der Waals surface area contributed by atoms with Gasteiger partial charge in [-0.05, 0) is 35.2 Å². The molecular weight excluding hydrogens is 324 g/mol. The lowest BCUT2D eigenvalue weighted by atomic mass is 10.2. The van der Waals surface area contributed by atoms with Crippen molar-refractivity contribution in [2.45, 2.75) is 6.61 Å². The Balaban J connectivity index is 1.61. The minimum Gasteiger partial charge on any atom is -0.392 e. The number of aliphatic hydroxyl groups excluding tert-OH is 1. The first-order chi connectivity index (χ1) is 11.7. The SMILES string of the molecule is O=C(C=Cc1cc(CO)cs1)N1CCN(c2ccccc2)C(=O)C1. The van der Waals surface area contributed by atoms with Gasteiger partial charge in [-0.25, -0.2) is 0 Å². The summed E-state index contributed by atoms with van der Waals surface area (Å²) in [7, 11) is 0. The maximum absolute atomic E-state index is 12.3. The molecule has 124 valence electrons. The van der Waals surface area contributed by atoms with E-state index in [0.717, 1.165) is 16.1 Å². The van der Waals surface area contributed by atoms with Crippen LogP contribution in [-0.2, 0) is 16.2 Å². The number of para-hydroxylation sites is 1. The number of thiophene rings is 1. The Labute approximate surface area is 144 Å². The zero-order valence-corrected chi connectivity index (χ0v) is 13.9. The van der Waals surface area contributed by atoms with E-state index in [0.29, 0.717) is 13.1 Å². The molecule has 1 aliphatic heterocycles. The second-order valence-corrected chi connectivity index (χ2v) is 6.43. The average molecular weight is 342 g/mol. The Bertz CT molecular complexity index is 755. The van der Waals surface area contributed by atoms with Crippen LogP contribution in [0.5, 0.6) is 0 Å². The Morgan fingerprint density at radius 1 is 1.25 bits per heavy atom. The molecule has 1 aromatic carbocycles. The molecule has 1 N–H and O–H groups in total. The number of hydrogen-bond donors (Lipinski definition) is 1. The van der Waals surface area contributed by atoms with Crippen LogP contribution in [0.4, 0.5) is 5.69 Å². The molecule has 0 radical (unpaired) electrons. The van der Waals surface area contributed by atoms with E-state index >= 15 is 0 Å². The third-order valence-corrected chi connectivity index (χ3v) is 4.79. The number of hydrogen-bond acceptors (Lipinski definition) is 4. The third-order valence-electron chi connectivity index (χ3n) is 3.85. The van der Waals surface area contributed by atoms with Crippen molar-refractivity contribution in [1.82, 2.24) is 4.90 Å². The summed E-state index contributed by atoms with van der Waals surface area (Å²) in [6.07, 6.45) is 3.21. The highest BCUT2D eigenvalue weighted by Crippen LogP contribution is 2.18. The van der Waals surface area contributed by atoms with E-state index in [1.54, 1.807) is 15.9 Å². The zero-order chi connectivity index (χ0) is 16.9. The van der Waals surface area contributed by atoms with Gasteiger partial charge < -0.3 is 14.9 Å². The highest BCUT2D eigenvalue weighted by Gasteiger charge is 2.26. The Morgan fingerprint density at radius 2 is 2.04 bits per heavy atom. The lowest BCUT2D eigenvalue weighted by Crippen LogP contribution is -2.52. The lowest BCUT2D eigenvalue weighted by Gasteiger charge is -2.33. The van der Waals surface area contributed by atoms with E-state index < -0.39 is 0 Å². The molecule has 0 atom stereocenters. The quantitative estimate of drug-likeness (QED) is 0.866. The number of amides is 2. The molecule has 2 aromatic rings. The minimum atomic E-state index is -0.171. The van der Waals surface area contributed by atoms with Crippen molar-refractivity contribution in [3.63, 3.8) is 0 Å². The number of aliphatic hydroxyl groups is 1. The van der Waals surface area contributed by atoms with E-state index in [4.69, 9.17) is 5.11 Å². The van der Waals surface area contributed by atoms with Gasteiger partial charge in [0.1, 0.15) is 6.54 Å². The van der Waals surface area contributed by atoms with Crippen LogP contribution in [0.25, 0.3) is 6.08 Å². The number of piperazine rings is 1. The van der Waals surface area contributed by atoms with Crippen LogP contribution < -0.4 is 4.90 Å². The molecule has 2 heterocycles. The van der Waals surface area contributed by atoms with Crippen molar-refractivity contribution in [2.75, 3.05) is 24.5 Å². The second kappa shape index (κ2) is 7.42. The van der Waals surface area contributed by atoms with Crippen molar-refractivity contribution < 1.29 is 14.7 Å². The van der Waals surface area contributed by atoms with Gasteiger partial charge in [0.15, 0.2) is 0 Å². The number of carbonyl (C=O) groups excluding carboxylic acids is 2. The smallest absolute Gasteiger partial charge is 0.247 e. The van der Waals surface area contributed by atoms with E-state index in [2.05, 4.69) is 0 Å². The molecule has 0 unspecified atom stereocenters. The summed E-state index contributed by atoms with van der Waals surface area (Å²) in [5.74, 6) is -0.247. The number of carbonyl (C=O) groups is 2. The largest absolute Gasteiger partial charge is 0.392 e. The van der Waals surface area contributed by atoms with Gasteiger partial charge in [-0.3, -0.25) is 9.59 Å². The highest BCUT2D eigenvalue weighted by molar-refractivity contribution is 7.11. The lowest BCUT2D eigenvalue weighted by molar-refractivity contribution is -0.133. The number of nitrogens with zero attached hydrogens (tertiary/aromatic N) is 2. The van der Waals surface area contributed by atoms with Gasteiger partial charge in [0.2, 0.25) is 11.8 Å². The topological polar surface area (TPSA) is 60.9 Å². The summed E-state index contributed by atoms with van der Waals surface area (Å²) in [6, 6.07) is 11.3. The van der Waals surface area contributed by atoms with E-state index in [1.807, 2.05) is 41.8 Å².